The average molecular weight is 519 g/mol. The lowest BCUT2D eigenvalue weighted by Gasteiger charge is -2.31. The fourth-order valence-electron chi connectivity index (χ4n) is 5.56. The zero-order valence-electron chi connectivity index (χ0n) is 20.2. The number of anilines is 1. The van der Waals surface area contributed by atoms with Crippen molar-refractivity contribution in [2.75, 3.05) is 32.4 Å². The number of methoxy groups -OCH3 is 2. The Morgan fingerprint density at radius 3 is 2.59 bits per heavy atom. The maximum atomic E-state index is 13.7. The molecular weight excluding hydrogens is 494 g/mol. The normalized spacial score (nSPS) is 25.2. The van der Waals surface area contributed by atoms with Crippen molar-refractivity contribution in [2.24, 2.45) is 11.0 Å². The van der Waals surface area contributed by atoms with Gasteiger partial charge in [0.15, 0.2) is 0 Å². The first kappa shape index (κ1) is 25.1. The van der Waals surface area contributed by atoms with Crippen LogP contribution in [0.2, 0.25) is 0 Å². The number of carbonyl (C=O) groups excluding carboxylic acids is 1. The second kappa shape index (κ2) is 9.37. The highest BCUT2D eigenvalue weighted by Crippen LogP contribution is 2.54. The standard InChI is InChI=1S/C26H25F4N3O4/c1-35-22-8-7-19(32-12-11-31-33(32)26(28,29)30)13-21(22)17-14-25(37-15-17)10-9-20(24(34)36-2)23(25)16-3-5-18(27)6-4-16/h3-8,11,13-14,20,23H,9-10,12,15H2,1-2H3/t20?,23-,25-/m1/s1. The van der Waals surface area contributed by atoms with Gasteiger partial charge in [-0.25, -0.2) is 4.39 Å². The van der Waals surface area contributed by atoms with Crippen molar-refractivity contribution in [2.45, 2.75) is 30.7 Å². The molecule has 5 rings (SSSR count). The van der Waals surface area contributed by atoms with Crippen molar-refractivity contribution < 1.29 is 36.6 Å². The molecule has 1 unspecified atom stereocenters. The molecule has 37 heavy (non-hydrogen) atoms. The molecule has 0 saturated heterocycles. The molecule has 0 amide bonds. The van der Waals surface area contributed by atoms with Gasteiger partial charge in [-0.05, 0) is 60.4 Å². The largest absolute Gasteiger partial charge is 0.519 e. The molecule has 1 fully saturated rings. The Labute approximate surface area is 210 Å². The summed E-state index contributed by atoms with van der Waals surface area (Å²) in [4.78, 5) is 12.7. The van der Waals surface area contributed by atoms with Gasteiger partial charge in [-0.1, -0.05) is 12.1 Å². The molecular formula is C26H25F4N3O4. The van der Waals surface area contributed by atoms with Crippen molar-refractivity contribution >= 4 is 23.4 Å². The van der Waals surface area contributed by atoms with E-state index in [1.54, 1.807) is 24.3 Å². The van der Waals surface area contributed by atoms with Gasteiger partial charge in [0.25, 0.3) is 0 Å². The van der Waals surface area contributed by atoms with Gasteiger partial charge in [-0.3, -0.25) is 9.80 Å². The number of hydrogen-bond acceptors (Lipinski definition) is 7. The van der Waals surface area contributed by atoms with Crippen LogP contribution in [-0.4, -0.2) is 56.6 Å². The van der Waals surface area contributed by atoms with Crippen molar-refractivity contribution in [3.05, 3.63) is 65.5 Å². The first-order chi connectivity index (χ1) is 17.7. The number of hydrazine groups is 1. The second-order valence-electron chi connectivity index (χ2n) is 9.13. The predicted octanol–water partition coefficient (Wildman–Crippen LogP) is 4.90. The number of halogens is 4. The van der Waals surface area contributed by atoms with Crippen molar-refractivity contribution in [3.8, 4) is 5.75 Å². The smallest absolute Gasteiger partial charge is 0.496 e. The van der Waals surface area contributed by atoms with Crippen molar-refractivity contribution in [1.29, 1.82) is 0 Å². The van der Waals surface area contributed by atoms with E-state index in [0.717, 1.165) is 16.1 Å². The molecule has 1 saturated carbocycles. The number of hydrazone groups is 1. The Morgan fingerprint density at radius 1 is 1.16 bits per heavy atom. The summed E-state index contributed by atoms with van der Waals surface area (Å²) in [6.45, 7) is 0.114. The van der Waals surface area contributed by atoms with E-state index in [2.05, 4.69) is 5.10 Å². The summed E-state index contributed by atoms with van der Waals surface area (Å²) in [6, 6.07) is 10.7. The zero-order chi connectivity index (χ0) is 26.4. The molecule has 3 aliphatic rings. The number of rotatable bonds is 5. The molecule has 2 heterocycles. The molecule has 2 aromatic rings. The number of alkyl halides is 3. The second-order valence-corrected chi connectivity index (χ2v) is 9.13. The predicted molar refractivity (Wildman–Crippen MR) is 127 cm³/mol. The van der Waals surface area contributed by atoms with Gasteiger partial charge in [0, 0.05) is 17.7 Å². The molecule has 0 aromatic heterocycles. The van der Waals surface area contributed by atoms with Crippen LogP contribution in [0.25, 0.3) is 5.57 Å². The van der Waals surface area contributed by atoms with E-state index in [-0.39, 0.29) is 29.9 Å². The van der Waals surface area contributed by atoms with Crippen molar-refractivity contribution in [3.63, 3.8) is 0 Å². The van der Waals surface area contributed by atoms with Gasteiger partial charge >= 0.3 is 12.3 Å². The molecule has 2 aliphatic heterocycles. The molecule has 11 heteroatoms. The van der Waals surface area contributed by atoms with E-state index in [1.165, 1.54) is 38.6 Å². The van der Waals surface area contributed by atoms with E-state index < -0.39 is 29.6 Å². The van der Waals surface area contributed by atoms with E-state index in [0.29, 0.717) is 24.2 Å². The molecule has 0 radical (unpaired) electrons. The van der Waals surface area contributed by atoms with E-state index in [9.17, 15) is 22.4 Å². The third kappa shape index (κ3) is 4.41. The zero-order valence-corrected chi connectivity index (χ0v) is 20.2. The van der Waals surface area contributed by atoms with Crippen LogP contribution in [0.15, 0.2) is 53.6 Å². The first-order valence-electron chi connectivity index (χ1n) is 11.7. The molecule has 1 spiro atoms. The average Bonchev–Trinajstić information content (AvgIpc) is 3.63. The number of carbonyl (C=O) groups is 1. The van der Waals surface area contributed by atoms with Crippen LogP contribution in [0, 0.1) is 11.7 Å². The number of hydrogen-bond donors (Lipinski definition) is 0. The molecule has 1 aliphatic carbocycles. The SMILES string of the molecule is COC(=O)C1CC[C@@]2(C=C(c3cc(N4CC=NN4C(F)(F)F)ccc3OC)CO2)[C@@H]1c1ccc(F)cc1. The molecule has 0 bridgehead atoms. The highest BCUT2D eigenvalue weighted by Gasteiger charge is 2.54. The van der Waals surface area contributed by atoms with Gasteiger partial charge in [0.2, 0.25) is 0 Å². The number of nitrogens with zero attached hydrogens (tertiary/aromatic N) is 3. The van der Waals surface area contributed by atoms with Crippen LogP contribution in [0.1, 0.15) is 29.9 Å². The fourth-order valence-corrected chi connectivity index (χ4v) is 5.56. The lowest BCUT2D eigenvalue weighted by atomic mass is 9.79. The summed E-state index contributed by atoms with van der Waals surface area (Å²) in [7, 11) is 2.81. The van der Waals surface area contributed by atoms with Gasteiger partial charge in [-0.2, -0.15) is 5.10 Å². The molecule has 3 atom stereocenters. The monoisotopic (exact) mass is 519 g/mol. The highest BCUT2D eigenvalue weighted by atomic mass is 19.4. The van der Waals surface area contributed by atoms with E-state index in [1.807, 2.05) is 6.08 Å². The minimum absolute atomic E-state index is 0.0118. The van der Waals surface area contributed by atoms with Crippen LogP contribution in [0.4, 0.5) is 23.2 Å². The lowest BCUT2D eigenvalue weighted by molar-refractivity contribution is -0.246. The fraction of sp³-hybridized carbons (Fsp3) is 0.385. The Hall–Kier alpha value is -3.60. The van der Waals surface area contributed by atoms with Crippen molar-refractivity contribution in [1.82, 2.24) is 5.12 Å². The van der Waals surface area contributed by atoms with Crippen LogP contribution < -0.4 is 9.75 Å². The first-order valence-corrected chi connectivity index (χ1v) is 11.7. The Morgan fingerprint density at radius 2 is 1.92 bits per heavy atom. The third-order valence-corrected chi connectivity index (χ3v) is 7.15. The maximum absolute atomic E-state index is 13.7. The summed E-state index contributed by atoms with van der Waals surface area (Å²) in [5, 5.41) is 4.44. The number of ether oxygens (including phenoxy) is 3. The minimum Gasteiger partial charge on any atom is -0.496 e. The summed E-state index contributed by atoms with van der Waals surface area (Å²) in [5.41, 5.74) is 1.44. The van der Waals surface area contributed by atoms with Gasteiger partial charge in [-0.15, -0.1) is 18.3 Å². The molecule has 0 N–H and O–H groups in total. The molecule has 7 nitrogen and oxygen atoms in total. The summed E-state index contributed by atoms with van der Waals surface area (Å²) in [5.74, 6) is -1.23. The van der Waals surface area contributed by atoms with Crippen LogP contribution in [-0.2, 0) is 14.3 Å². The topological polar surface area (TPSA) is 63.6 Å². The quantitative estimate of drug-likeness (QED) is 0.318. The van der Waals surface area contributed by atoms with E-state index >= 15 is 0 Å². The van der Waals surface area contributed by atoms with Gasteiger partial charge in [0.05, 0.1) is 44.6 Å². The molecule has 196 valence electrons. The number of esters is 1. The van der Waals surface area contributed by atoms with Gasteiger partial charge in [0.1, 0.15) is 11.6 Å². The molecule has 2 aromatic carbocycles. The summed E-state index contributed by atoms with van der Waals surface area (Å²) in [6.07, 6.45) is -0.553. The van der Waals surface area contributed by atoms with Crippen LogP contribution in [0.5, 0.6) is 5.75 Å². The summed E-state index contributed by atoms with van der Waals surface area (Å²) < 4.78 is 71.0. The Kier molecular flexibility index (Phi) is 6.35. The Balaban J connectivity index is 1.54. The van der Waals surface area contributed by atoms with Gasteiger partial charge < -0.3 is 14.2 Å². The highest BCUT2D eigenvalue weighted by molar-refractivity contribution is 5.80. The third-order valence-electron chi connectivity index (χ3n) is 7.15. The number of benzene rings is 2. The Bertz CT molecular complexity index is 1250. The van der Waals surface area contributed by atoms with Crippen LogP contribution in [0.3, 0.4) is 0 Å². The van der Waals surface area contributed by atoms with Crippen LogP contribution >= 0.6 is 0 Å². The minimum atomic E-state index is -4.68. The van der Waals surface area contributed by atoms with E-state index in [4.69, 9.17) is 14.2 Å². The maximum Gasteiger partial charge on any atom is 0.519 e. The summed E-state index contributed by atoms with van der Waals surface area (Å²) >= 11 is 0. The lowest BCUT2D eigenvalue weighted by Crippen LogP contribution is -2.44.